The van der Waals surface area contributed by atoms with Crippen LogP contribution in [-0.4, -0.2) is 19.5 Å². The molecule has 0 fully saturated rings. The van der Waals surface area contributed by atoms with Gasteiger partial charge in [-0.1, -0.05) is 6.07 Å². The number of benzene rings is 1. The van der Waals surface area contributed by atoms with E-state index < -0.39 is 0 Å². The lowest BCUT2D eigenvalue weighted by Gasteiger charge is -2.17. The first-order valence-corrected chi connectivity index (χ1v) is 6.97. The average molecular weight is 287 g/mol. The van der Waals surface area contributed by atoms with Crippen molar-refractivity contribution in [2.24, 2.45) is 5.73 Å². The van der Waals surface area contributed by atoms with Crippen molar-refractivity contribution in [3.05, 3.63) is 48.1 Å². The van der Waals surface area contributed by atoms with Crippen molar-refractivity contribution < 1.29 is 4.39 Å². The number of nitrogens with one attached hydrogen (secondary N) is 1. The molecule has 2 aromatic heterocycles. The molecular formula is C15H18FN5. The summed E-state index contributed by atoms with van der Waals surface area (Å²) in [6, 6.07) is 4.82. The third-order valence-electron chi connectivity index (χ3n) is 3.54. The number of nitrogens with two attached hydrogens (primary N) is 1. The largest absolute Gasteiger partial charge is 0.348 e. The van der Waals surface area contributed by atoms with Gasteiger partial charge in [0.05, 0.1) is 17.9 Å². The number of halogens is 1. The lowest BCUT2D eigenvalue weighted by Crippen LogP contribution is -2.20. The average Bonchev–Trinajstić information content (AvgIpc) is 3.05. The van der Waals surface area contributed by atoms with Crippen LogP contribution in [0, 0.1) is 5.82 Å². The number of H-pyrrole nitrogens is 1. The van der Waals surface area contributed by atoms with Crippen LogP contribution >= 0.6 is 0 Å². The summed E-state index contributed by atoms with van der Waals surface area (Å²) in [6.07, 6.45) is 3.94. The van der Waals surface area contributed by atoms with Gasteiger partial charge in [0.15, 0.2) is 5.82 Å². The second kappa shape index (κ2) is 5.29. The van der Waals surface area contributed by atoms with E-state index >= 15 is 0 Å². The molecule has 0 saturated heterocycles. The normalized spacial score (nSPS) is 13.2. The van der Waals surface area contributed by atoms with Gasteiger partial charge in [0, 0.05) is 24.4 Å². The van der Waals surface area contributed by atoms with Crippen molar-refractivity contribution >= 4 is 11.0 Å². The Kier molecular flexibility index (Phi) is 3.47. The Morgan fingerprint density at radius 1 is 1.38 bits per heavy atom. The molecule has 6 heteroatoms. The van der Waals surface area contributed by atoms with E-state index in [4.69, 9.17) is 5.73 Å². The van der Waals surface area contributed by atoms with Crippen LogP contribution < -0.4 is 5.73 Å². The second-order valence-electron chi connectivity index (χ2n) is 5.43. The summed E-state index contributed by atoms with van der Waals surface area (Å²) in [6.45, 7) is 4.08. The van der Waals surface area contributed by atoms with Gasteiger partial charge in [-0.3, -0.25) is 0 Å². The van der Waals surface area contributed by atoms with Crippen LogP contribution in [0.2, 0.25) is 0 Å². The highest BCUT2D eigenvalue weighted by Gasteiger charge is 2.21. The smallest absolute Gasteiger partial charge is 0.151 e. The number of rotatable bonds is 4. The Balaban J connectivity index is 2.08. The molecule has 0 aliphatic rings. The molecule has 3 N–H and O–H groups in total. The summed E-state index contributed by atoms with van der Waals surface area (Å²) in [5, 5.41) is 0. The van der Waals surface area contributed by atoms with Crippen LogP contribution in [0.1, 0.15) is 37.4 Å². The van der Waals surface area contributed by atoms with E-state index in [1.54, 1.807) is 18.6 Å². The number of imidazole rings is 2. The van der Waals surface area contributed by atoms with Gasteiger partial charge in [-0.05, 0) is 26.0 Å². The molecule has 110 valence electrons. The van der Waals surface area contributed by atoms with Crippen molar-refractivity contribution in [3.63, 3.8) is 0 Å². The molecule has 1 unspecified atom stereocenters. The molecule has 0 spiro atoms. The van der Waals surface area contributed by atoms with Crippen molar-refractivity contribution in [1.29, 1.82) is 0 Å². The molecule has 0 bridgehead atoms. The number of aromatic nitrogens is 4. The topological polar surface area (TPSA) is 72.5 Å². The zero-order valence-corrected chi connectivity index (χ0v) is 12.0. The van der Waals surface area contributed by atoms with Crippen LogP contribution in [-0.2, 0) is 6.42 Å². The van der Waals surface area contributed by atoms with Gasteiger partial charge in [0.1, 0.15) is 11.3 Å². The number of fused-ring (bicyclic) bond motifs is 1. The summed E-state index contributed by atoms with van der Waals surface area (Å²) in [4.78, 5) is 11.5. The summed E-state index contributed by atoms with van der Waals surface area (Å²) >= 11 is 0. The van der Waals surface area contributed by atoms with Gasteiger partial charge < -0.3 is 15.3 Å². The van der Waals surface area contributed by atoms with E-state index in [0.29, 0.717) is 17.8 Å². The minimum Gasteiger partial charge on any atom is -0.348 e. The number of nitrogens with zero attached hydrogens (tertiary/aromatic N) is 3. The molecule has 0 amide bonds. The van der Waals surface area contributed by atoms with Crippen molar-refractivity contribution in [2.45, 2.75) is 32.4 Å². The summed E-state index contributed by atoms with van der Waals surface area (Å²) < 4.78 is 16.0. The first-order valence-electron chi connectivity index (χ1n) is 6.97. The highest BCUT2D eigenvalue weighted by molar-refractivity contribution is 5.77. The molecule has 2 heterocycles. The van der Waals surface area contributed by atoms with Crippen molar-refractivity contribution in [2.75, 3.05) is 0 Å². The number of aromatic amines is 1. The zero-order chi connectivity index (χ0) is 15.0. The molecule has 5 nitrogen and oxygen atoms in total. The standard InChI is InChI=1S/C15H18FN5/c1-9(2)21-13-5-3-4-11(16)14(13)20-15(21)12(17)6-10-7-18-8-19-10/h3-5,7-9,12H,6,17H2,1-2H3,(H,18,19). The Bertz CT molecular complexity index is 745. The van der Waals surface area contributed by atoms with Gasteiger partial charge in [-0.25, -0.2) is 14.4 Å². The predicted octanol–water partition coefficient (Wildman–Crippen LogP) is 2.72. The SMILES string of the molecule is CC(C)n1c(C(N)Cc2cnc[nH]2)nc2c(F)cccc21. The highest BCUT2D eigenvalue weighted by Crippen LogP contribution is 2.26. The minimum atomic E-state index is -0.320. The second-order valence-corrected chi connectivity index (χ2v) is 5.43. The lowest BCUT2D eigenvalue weighted by atomic mass is 10.1. The maximum Gasteiger partial charge on any atom is 0.151 e. The molecule has 1 atom stereocenters. The fraction of sp³-hybridized carbons (Fsp3) is 0.333. The van der Waals surface area contributed by atoms with Gasteiger partial charge in [0.25, 0.3) is 0 Å². The minimum absolute atomic E-state index is 0.152. The maximum atomic E-state index is 14.0. The van der Waals surface area contributed by atoms with Crippen LogP contribution in [0.3, 0.4) is 0 Å². The first kappa shape index (κ1) is 13.8. The molecule has 3 rings (SSSR count). The molecular weight excluding hydrogens is 269 g/mol. The fourth-order valence-electron chi connectivity index (χ4n) is 2.63. The summed E-state index contributed by atoms with van der Waals surface area (Å²) in [7, 11) is 0. The molecule has 1 aromatic carbocycles. The molecule has 21 heavy (non-hydrogen) atoms. The quantitative estimate of drug-likeness (QED) is 0.775. The van der Waals surface area contributed by atoms with Crippen LogP contribution in [0.4, 0.5) is 4.39 Å². The summed E-state index contributed by atoms with van der Waals surface area (Å²) in [5.74, 6) is 0.376. The van der Waals surface area contributed by atoms with Crippen LogP contribution in [0.25, 0.3) is 11.0 Å². The van der Waals surface area contributed by atoms with Gasteiger partial charge in [0.2, 0.25) is 0 Å². The molecule has 0 aliphatic heterocycles. The fourth-order valence-corrected chi connectivity index (χ4v) is 2.63. The van der Waals surface area contributed by atoms with Gasteiger partial charge in [-0.2, -0.15) is 0 Å². The monoisotopic (exact) mass is 287 g/mol. The molecule has 0 aliphatic carbocycles. The van der Waals surface area contributed by atoms with Crippen LogP contribution in [0.5, 0.6) is 0 Å². The van der Waals surface area contributed by atoms with E-state index in [1.165, 1.54) is 6.07 Å². The van der Waals surface area contributed by atoms with Gasteiger partial charge >= 0.3 is 0 Å². The summed E-state index contributed by atoms with van der Waals surface area (Å²) in [5.41, 5.74) is 8.37. The van der Waals surface area contributed by atoms with E-state index in [-0.39, 0.29) is 17.9 Å². The number of hydrogen-bond acceptors (Lipinski definition) is 3. The highest BCUT2D eigenvalue weighted by atomic mass is 19.1. The van der Waals surface area contributed by atoms with E-state index in [9.17, 15) is 4.39 Å². The Labute approximate surface area is 122 Å². The van der Waals surface area contributed by atoms with Crippen molar-refractivity contribution in [1.82, 2.24) is 19.5 Å². The van der Waals surface area contributed by atoms with E-state index in [0.717, 1.165) is 11.2 Å². The number of hydrogen-bond donors (Lipinski definition) is 2. The van der Waals surface area contributed by atoms with Gasteiger partial charge in [-0.15, -0.1) is 0 Å². The maximum absolute atomic E-state index is 14.0. The van der Waals surface area contributed by atoms with E-state index in [1.807, 2.05) is 24.5 Å². The third-order valence-corrected chi connectivity index (χ3v) is 3.54. The van der Waals surface area contributed by atoms with E-state index in [2.05, 4.69) is 15.0 Å². The lowest BCUT2D eigenvalue weighted by molar-refractivity contribution is 0.538. The Morgan fingerprint density at radius 2 is 2.19 bits per heavy atom. The van der Waals surface area contributed by atoms with Crippen LogP contribution in [0.15, 0.2) is 30.7 Å². The molecule has 0 radical (unpaired) electrons. The third kappa shape index (κ3) is 2.42. The first-order chi connectivity index (χ1) is 10.1. The Morgan fingerprint density at radius 3 is 2.86 bits per heavy atom. The zero-order valence-electron chi connectivity index (χ0n) is 12.0. The Hall–Kier alpha value is -2.21. The number of para-hydroxylation sites is 1. The molecule has 3 aromatic rings. The van der Waals surface area contributed by atoms with Crippen molar-refractivity contribution in [3.8, 4) is 0 Å². The molecule has 0 saturated carbocycles. The predicted molar refractivity (Wildman–Crippen MR) is 79.3 cm³/mol.